The fraction of sp³-hybridized carbons (Fsp3) is 0.370. The van der Waals surface area contributed by atoms with Gasteiger partial charge in [-0.15, -0.1) is 0 Å². The summed E-state index contributed by atoms with van der Waals surface area (Å²) in [5.74, 6) is 0.536. The number of ether oxygens (including phenoxy) is 2. The predicted molar refractivity (Wildman–Crippen MR) is 131 cm³/mol. The fourth-order valence-corrected chi connectivity index (χ4v) is 3.64. The van der Waals surface area contributed by atoms with E-state index in [4.69, 9.17) is 24.7 Å². The van der Waals surface area contributed by atoms with Gasteiger partial charge in [0.05, 0.1) is 18.4 Å². The van der Waals surface area contributed by atoms with Crippen molar-refractivity contribution in [1.29, 1.82) is 0 Å². The molecule has 0 saturated carbocycles. The molecule has 0 saturated heterocycles. The summed E-state index contributed by atoms with van der Waals surface area (Å²) in [6, 6.07) is 14.3. The molecule has 1 heterocycles. The van der Waals surface area contributed by atoms with Crippen molar-refractivity contribution in [2.75, 3.05) is 6.61 Å². The minimum absolute atomic E-state index is 0.0198. The number of nitrogens with two attached hydrogens (primary N) is 1. The Hall–Kier alpha value is -3.65. The normalized spacial score (nSPS) is 11.9. The molecule has 0 spiro atoms. The standard InChI is InChI=1S/C27H32N2O6/c1-17(2)34-27(32)23(28)16-21-15-22(11-9-19(21)10-12-25(30)31)33-14-13-24-18(3)35-26(29-24)20-7-5-4-6-8-20/h4-9,11,15,17,23H,10,12-14,16,28H2,1-3H3,(H,30,31). The maximum Gasteiger partial charge on any atom is 0.323 e. The minimum atomic E-state index is -0.891. The molecule has 0 fully saturated rings. The molecule has 1 aromatic heterocycles. The molecule has 8 nitrogen and oxygen atoms in total. The van der Waals surface area contributed by atoms with Crippen LogP contribution in [0, 0.1) is 6.92 Å². The van der Waals surface area contributed by atoms with Gasteiger partial charge in [-0.3, -0.25) is 9.59 Å². The highest BCUT2D eigenvalue weighted by Gasteiger charge is 2.19. The topological polar surface area (TPSA) is 125 Å². The Bertz CT molecular complexity index is 1140. The van der Waals surface area contributed by atoms with Gasteiger partial charge in [0.1, 0.15) is 17.6 Å². The molecule has 186 valence electrons. The summed E-state index contributed by atoms with van der Waals surface area (Å²) in [6.45, 7) is 5.77. The van der Waals surface area contributed by atoms with Crippen LogP contribution in [0.3, 0.4) is 0 Å². The van der Waals surface area contributed by atoms with Crippen molar-refractivity contribution in [3.05, 3.63) is 71.1 Å². The lowest BCUT2D eigenvalue weighted by molar-refractivity contribution is -0.149. The number of esters is 1. The third kappa shape index (κ3) is 7.68. The van der Waals surface area contributed by atoms with E-state index in [1.807, 2.05) is 49.4 Å². The van der Waals surface area contributed by atoms with Crippen molar-refractivity contribution in [2.24, 2.45) is 5.73 Å². The van der Waals surface area contributed by atoms with Crippen molar-refractivity contribution in [3.8, 4) is 17.2 Å². The highest BCUT2D eigenvalue weighted by Crippen LogP contribution is 2.24. The first-order valence-electron chi connectivity index (χ1n) is 11.7. The maximum absolute atomic E-state index is 12.2. The van der Waals surface area contributed by atoms with Gasteiger partial charge in [-0.05, 0) is 69.0 Å². The highest BCUT2D eigenvalue weighted by atomic mass is 16.5. The Morgan fingerprint density at radius 1 is 1.09 bits per heavy atom. The average molecular weight is 481 g/mol. The number of carboxylic acid groups (broad SMARTS) is 1. The molecule has 3 aromatic rings. The van der Waals surface area contributed by atoms with Crippen molar-refractivity contribution in [1.82, 2.24) is 4.98 Å². The summed E-state index contributed by atoms with van der Waals surface area (Å²) in [4.78, 5) is 27.9. The van der Waals surface area contributed by atoms with E-state index in [0.29, 0.717) is 31.1 Å². The van der Waals surface area contributed by atoms with E-state index < -0.39 is 18.0 Å². The largest absolute Gasteiger partial charge is 0.493 e. The molecule has 0 amide bonds. The van der Waals surface area contributed by atoms with Gasteiger partial charge in [-0.1, -0.05) is 24.3 Å². The second-order valence-corrected chi connectivity index (χ2v) is 8.61. The summed E-state index contributed by atoms with van der Waals surface area (Å²) in [6.07, 6.45) is 0.821. The van der Waals surface area contributed by atoms with Gasteiger partial charge in [0, 0.05) is 18.4 Å². The summed E-state index contributed by atoms with van der Waals surface area (Å²) in [5.41, 5.74) is 9.38. The van der Waals surface area contributed by atoms with E-state index in [1.165, 1.54) is 0 Å². The van der Waals surface area contributed by atoms with E-state index in [1.54, 1.807) is 19.9 Å². The first kappa shape index (κ1) is 26.0. The molecule has 0 aliphatic heterocycles. The van der Waals surface area contributed by atoms with Gasteiger partial charge in [-0.2, -0.15) is 0 Å². The average Bonchev–Trinajstić information content (AvgIpc) is 3.19. The number of aryl methyl sites for hydroxylation is 2. The third-order valence-electron chi connectivity index (χ3n) is 5.40. The van der Waals surface area contributed by atoms with Crippen molar-refractivity contribution in [2.45, 2.75) is 58.6 Å². The van der Waals surface area contributed by atoms with Crippen LogP contribution in [0.25, 0.3) is 11.5 Å². The Kier molecular flexibility index (Phi) is 9.03. The minimum Gasteiger partial charge on any atom is -0.493 e. The number of aliphatic carboxylic acids is 1. The Morgan fingerprint density at radius 3 is 2.51 bits per heavy atom. The number of hydrogen-bond donors (Lipinski definition) is 2. The number of aromatic nitrogens is 1. The third-order valence-corrected chi connectivity index (χ3v) is 5.40. The van der Waals surface area contributed by atoms with Crippen LogP contribution in [0.4, 0.5) is 0 Å². The first-order valence-corrected chi connectivity index (χ1v) is 11.7. The monoisotopic (exact) mass is 480 g/mol. The maximum atomic E-state index is 12.2. The van der Waals surface area contributed by atoms with E-state index in [2.05, 4.69) is 4.98 Å². The molecular weight excluding hydrogens is 448 g/mol. The van der Waals surface area contributed by atoms with Gasteiger partial charge in [-0.25, -0.2) is 4.98 Å². The molecule has 1 atom stereocenters. The van der Waals surface area contributed by atoms with Crippen LogP contribution < -0.4 is 10.5 Å². The van der Waals surface area contributed by atoms with Crippen LogP contribution in [-0.2, 0) is 33.6 Å². The zero-order valence-electron chi connectivity index (χ0n) is 20.3. The van der Waals surface area contributed by atoms with Gasteiger partial charge in [0.25, 0.3) is 0 Å². The van der Waals surface area contributed by atoms with Crippen LogP contribution in [0.1, 0.15) is 42.8 Å². The molecule has 0 radical (unpaired) electrons. The van der Waals surface area contributed by atoms with Gasteiger partial charge < -0.3 is 24.7 Å². The van der Waals surface area contributed by atoms with Crippen molar-refractivity contribution < 1.29 is 28.6 Å². The molecule has 35 heavy (non-hydrogen) atoms. The van der Waals surface area contributed by atoms with Crippen LogP contribution in [0.2, 0.25) is 0 Å². The Labute approximate surface area is 205 Å². The molecule has 0 bridgehead atoms. The Morgan fingerprint density at radius 2 is 1.83 bits per heavy atom. The zero-order valence-corrected chi connectivity index (χ0v) is 20.3. The summed E-state index contributed by atoms with van der Waals surface area (Å²) in [7, 11) is 0. The van der Waals surface area contributed by atoms with E-state index in [0.717, 1.165) is 28.1 Å². The van der Waals surface area contributed by atoms with Crippen LogP contribution in [0.15, 0.2) is 52.9 Å². The van der Waals surface area contributed by atoms with Crippen molar-refractivity contribution in [3.63, 3.8) is 0 Å². The van der Waals surface area contributed by atoms with Gasteiger partial charge in [0.2, 0.25) is 5.89 Å². The van der Waals surface area contributed by atoms with Gasteiger partial charge in [0.15, 0.2) is 0 Å². The van der Waals surface area contributed by atoms with E-state index >= 15 is 0 Å². The predicted octanol–water partition coefficient (Wildman–Crippen LogP) is 4.11. The number of hydrogen-bond acceptors (Lipinski definition) is 7. The number of carbonyl (C=O) groups excluding carboxylic acids is 1. The first-order chi connectivity index (χ1) is 16.7. The molecule has 2 aromatic carbocycles. The number of rotatable bonds is 12. The quantitative estimate of drug-likeness (QED) is 0.371. The summed E-state index contributed by atoms with van der Waals surface area (Å²) >= 11 is 0. The van der Waals surface area contributed by atoms with Gasteiger partial charge >= 0.3 is 11.9 Å². The fourth-order valence-electron chi connectivity index (χ4n) is 3.64. The number of carboxylic acids is 1. The lowest BCUT2D eigenvalue weighted by atomic mass is 9.97. The van der Waals surface area contributed by atoms with Crippen molar-refractivity contribution >= 4 is 11.9 Å². The molecule has 0 aliphatic rings. The second kappa shape index (κ2) is 12.2. The second-order valence-electron chi connectivity index (χ2n) is 8.61. The van der Waals surface area contributed by atoms with Crippen LogP contribution in [0.5, 0.6) is 5.75 Å². The molecular formula is C27H32N2O6. The van der Waals surface area contributed by atoms with Crippen LogP contribution in [-0.4, -0.2) is 40.8 Å². The molecule has 3 N–H and O–H groups in total. The molecule has 8 heteroatoms. The number of nitrogens with zero attached hydrogens (tertiary/aromatic N) is 1. The van der Waals surface area contributed by atoms with E-state index in [9.17, 15) is 9.59 Å². The van der Waals surface area contributed by atoms with E-state index in [-0.39, 0.29) is 18.9 Å². The highest BCUT2D eigenvalue weighted by molar-refractivity contribution is 5.76. The molecule has 0 aliphatic carbocycles. The summed E-state index contributed by atoms with van der Waals surface area (Å²) < 4.78 is 17.0. The molecule has 3 rings (SSSR count). The SMILES string of the molecule is Cc1oc(-c2ccccc2)nc1CCOc1ccc(CCC(=O)O)c(CC(N)C(=O)OC(C)C)c1. The smallest absolute Gasteiger partial charge is 0.323 e. The van der Waals surface area contributed by atoms with Crippen LogP contribution >= 0.6 is 0 Å². The number of oxazole rings is 1. The Balaban J connectivity index is 1.68. The molecule has 1 unspecified atom stereocenters. The number of benzene rings is 2. The lowest BCUT2D eigenvalue weighted by Crippen LogP contribution is -2.36. The lowest BCUT2D eigenvalue weighted by Gasteiger charge is -2.17. The summed E-state index contributed by atoms with van der Waals surface area (Å²) in [5, 5.41) is 9.07. The number of carbonyl (C=O) groups is 2. The zero-order chi connectivity index (χ0) is 25.4.